The molecule has 0 aromatic rings. The lowest BCUT2D eigenvalue weighted by Crippen LogP contribution is -3.16. The molecule has 6 aliphatic rings. The molecule has 0 bridgehead atoms. The van der Waals surface area contributed by atoms with Gasteiger partial charge in [-0.3, -0.25) is 0 Å². The Morgan fingerprint density at radius 1 is 1.27 bits per heavy atom. The summed E-state index contributed by atoms with van der Waals surface area (Å²) >= 11 is 0. The topological polar surface area (TPSA) is 75.3 Å². The zero-order valence-electron chi connectivity index (χ0n) is 8.47. The molecule has 15 heavy (non-hydrogen) atoms. The molecular formula is C11H14N2O2. The van der Waals surface area contributed by atoms with Crippen LogP contribution in [-0.4, -0.2) is 22.8 Å². The van der Waals surface area contributed by atoms with Gasteiger partial charge in [0, 0.05) is 6.04 Å². The number of carboxylic acid groups (broad SMARTS) is 1. The highest BCUT2D eigenvalue weighted by molar-refractivity contribution is 5.72. The lowest BCUT2D eigenvalue weighted by atomic mass is 8.93. The summed E-state index contributed by atoms with van der Waals surface area (Å²) in [6, 6.07) is 0.323. The van der Waals surface area contributed by atoms with E-state index in [-0.39, 0.29) is 5.54 Å². The minimum absolute atomic E-state index is 0.0441. The Bertz CT molecular complexity index is 377. The fourth-order valence-electron chi connectivity index (χ4n) is 6.96. The molecule has 0 saturated heterocycles. The fraction of sp³-hybridized carbons (Fsp3) is 0.909. The molecular weight excluding hydrogens is 192 g/mol. The molecule has 0 radical (unpaired) electrons. The van der Waals surface area contributed by atoms with E-state index < -0.39 is 6.09 Å². The number of nitrogens with one attached hydrogen (secondary N) is 1. The minimum atomic E-state index is -0.833. The van der Waals surface area contributed by atoms with Gasteiger partial charge < -0.3 is 16.2 Å². The molecule has 6 fully saturated rings. The summed E-state index contributed by atoms with van der Waals surface area (Å²) in [5, 5.41) is 11.7. The molecule has 6 rings (SSSR count). The first-order valence-electron chi connectivity index (χ1n) is 5.86. The zero-order valence-corrected chi connectivity index (χ0v) is 8.47. The van der Waals surface area contributed by atoms with E-state index in [0.717, 1.165) is 17.8 Å². The molecule has 4 nitrogen and oxygen atoms in total. The van der Waals surface area contributed by atoms with Crippen LogP contribution < -0.4 is 11.1 Å². The smallest absolute Gasteiger partial charge is 0.405 e. The van der Waals surface area contributed by atoms with Gasteiger partial charge in [-0.25, -0.2) is 4.79 Å². The van der Waals surface area contributed by atoms with Gasteiger partial charge in [0.15, 0.2) is 0 Å². The molecule has 0 aromatic heterocycles. The van der Waals surface area contributed by atoms with Gasteiger partial charge in [0.05, 0.1) is 5.54 Å². The Kier molecular flexibility index (Phi) is 0.753. The van der Waals surface area contributed by atoms with Crippen molar-refractivity contribution in [3.63, 3.8) is 0 Å². The van der Waals surface area contributed by atoms with Gasteiger partial charge in [0.2, 0.25) is 0 Å². The number of amides is 1. The van der Waals surface area contributed by atoms with E-state index in [2.05, 4.69) is 12.2 Å². The lowest BCUT2D eigenvalue weighted by molar-refractivity contribution is -0.627. The van der Waals surface area contributed by atoms with E-state index in [0.29, 0.717) is 29.2 Å². The van der Waals surface area contributed by atoms with Crippen molar-refractivity contribution >= 4 is 6.09 Å². The quantitative estimate of drug-likeness (QED) is 0.599. The van der Waals surface area contributed by atoms with Crippen LogP contribution in [0, 0.1) is 40.9 Å². The molecule has 1 amide bonds. The molecule has 0 unspecified atom stereocenters. The Labute approximate surface area is 87.2 Å². The van der Waals surface area contributed by atoms with Crippen molar-refractivity contribution in [3.05, 3.63) is 0 Å². The lowest BCUT2D eigenvalue weighted by Gasteiger charge is -3.11. The second kappa shape index (κ2) is 1.51. The Morgan fingerprint density at radius 3 is 2.07 bits per heavy atom. The van der Waals surface area contributed by atoms with Crippen LogP contribution >= 0.6 is 0 Å². The third-order valence-electron chi connectivity index (χ3n) is 6.82. The second-order valence-electron chi connectivity index (χ2n) is 6.31. The van der Waals surface area contributed by atoms with Gasteiger partial charge in [-0.2, -0.15) is 0 Å². The van der Waals surface area contributed by atoms with Gasteiger partial charge in [0.1, 0.15) is 0 Å². The van der Waals surface area contributed by atoms with Crippen molar-refractivity contribution < 1.29 is 9.90 Å². The largest absolute Gasteiger partial charge is 0.465 e. The van der Waals surface area contributed by atoms with E-state index >= 15 is 0 Å². The maximum atomic E-state index is 10.8. The minimum Gasteiger partial charge on any atom is -0.465 e. The highest BCUT2D eigenvalue weighted by Gasteiger charge is 3.10. The number of rotatable bonds is 2. The van der Waals surface area contributed by atoms with Gasteiger partial charge in [0.25, 0.3) is 0 Å². The Morgan fingerprint density at radius 2 is 1.73 bits per heavy atom. The van der Waals surface area contributed by atoms with Crippen molar-refractivity contribution in [3.8, 4) is 0 Å². The monoisotopic (exact) mass is 206 g/mol. The van der Waals surface area contributed by atoms with E-state index in [1.807, 2.05) is 0 Å². The van der Waals surface area contributed by atoms with Crippen LogP contribution in [0.25, 0.3) is 0 Å². The van der Waals surface area contributed by atoms with Crippen molar-refractivity contribution in [1.82, 2.24) is 5.32 Å². The first-order valence-corrected chi connectivity index (χ1v) is 5.86. The van der Waals surface area contributed by atoms with Crippen LogP contribution in [0.5, 0.6) is 0 Å². The first-order chi connectivity index (χ1) is 7.09. The van der Waals surface area contributed by atoms with Crippen molar-refractivity contribution in [2.75, 3.05) is 0 Å². The molecule has 0 heterocycles. The zero-order chi connectivity index (χ0) is 10.3. The number of hydrogen-bond acceptors (Lipinski definition) is 2. The molecule has 0 aliphatic heterocycles. The molecule has 80 valence electrons. The molecule has 6 aliphatic carbocycles. The van der Waals surface area contributed by atoms with Crippen molar-refractivity contribution in [2.24, 2.45) is 46.7 Å². The van der Waals surface area contributed by atoms with Gasteiger partial charge in [-0.1, -0.05) is 0 Å². The van der Waals surface area contributed by atoms with Crippen LogP contribution in [0.2, 0.25) is 0 Å². The fourth-order valence-corrected chi connectivity index (χ4v) is 6.96. The summed E-state index contributed by atoms with van der Waals surface area (Å²) in [7, 11) is 0. The van der Waals surface area contributed by atoms with Gasteiger partial charge >= 0.3 is 6.09 Å². The number of hydrogen-bond donors (Lipinski definition) is 3. The van der Waals surface area contributed by atoms with Crippen molar-refractivity contribution in [1.29, 1.82) is 0 Å². The summed E-state index contributed by atoms with van der Waals surface area (Å²) in [6.07, 6.45) is -0.833. The molecule has 0 spiro atoms. The Hall–Kier alpha value is -0.770. The van der Waals surface area contributed by atoms with Crippen LogP contribution in [0.3, 0.4) is 0 Å². The average Bonchev–Trinajstić information content (AvgIpc) is 2.17. The van der Waals surface area contributed by atoms with Crippen LogP contribution in [0.1, 0.15) is 6.92 Å². The van der Waals surface area contributed by atoms with E-state index in [4.69, 9.17) is 10.8 Å². The van der Waals surface area contributed by atoms with E-state index in [9.17, 15) is 4.79 Å². The summed E-state index contributed by atoms with van der Waals surface area (Å²) in [4.78, 5) is 10.8. The van der Waals surface area contributed by atoms with E-state index in [1.54, 1.807) is 0 Å². The predicted octanol–water partition coefficient (Wildman–Crippen LogP) is 0.0916. The number of nitrogens with two attached hydrogens (primary N) is 1. The van der Waals surface area contributed by atoms with Crippen LogP contribution in [0.15, 0.2) is 0 Å². The Balaban J connectivity index is 1.52. The molecule has 0 aromatic carbocycles. The van der Waals surface area contributed by atoms with Gasteiger partial charge in [-0.05, 0) is 47.8 Å². The van der Waals surface area contributed by atoms with Gasteiger partial charge in [-0.15, -0.1) is 0 Å². The number of carbonyl (C=O) groups is 1. The van der Waals surface area contributed by atoms with Crippen molar-refractivity contribution in [2.45, 2.75) is 18.5 Å². The second-order valence-corrected chi connectivity index (χ2v) is 6.31. The molecule has 1 atom stereocenters. The third-order valence-corrected chi connectivity index (χ3v) is 6.82. The van der Waals surface area contributed by atoms with Crippen LogP contribution in [0.4, 0.5) is 4.79 Å². The van der Waals surface area contributed by atoms with E-state index in [1.165, 1.54) is 0 Å². The normalized spacial score (nSPS) is 74.8. The highest BCUT2D eigenvalue weighted by Crippen LogP contribution is 3.07. The summed E-state index contributed by atoms with van der Waals surface area (Å²) in [5.74, 6) is 4.34. The highest BCUT2D eigenvalue weighted by atomic mass is 16.4. The third kappa shape index (κ3) is 0.338. The summed E-state index contributed by atoms with van der Waals surface area (Å²) < 4.78 is 0. The molecule has 4 N–H and O–H groups in total. The van der Waals surface area contributed by atoms with Crippen LogP contribution in [-0.2, 0) is 0 Å². The maximum absolute atomic E-state index is 10.8. The molecule has 6 saturated carbocycles. The average molecular weight is 206 g/mol. The maximum Gasteiger partial charge on any atom is 0.405 e. The predicted molar refractivity (Wildman–Crippen MR) is 50.9 cm³/mol. The SMILES string of the molecule is C[C@H](N)C12C3C4C1C1C2C3C41NC(=O)O. The summed E-state index contributed by atoms with van der Waals surface area (Å²) in [6.45, 7) is 2.14. The molecule has 4 heteroatoms. The standard InChI is InChI=1S/C11H14N2O2/c1-2(12)10-3-6-4(10)8-5(10)7(3)11(6,8)13-9(14)15/h2-8,13H,12H2,1H3,(H,14,15)/t2-,3?,4?,5?,6?,7?,8?,10?,11?/m0/s1. The first kappa shape index (κ1) is 7.49. The summed E-state index contributed by atoms with van der Waals surface area (Å²) in [5.41, 5.74) is 6.61.